The first-order valence-corrected chi connectivity index (χ1v) is 8.17. The van der Waals surface area contributed by atoms with E-state index in [2.05, 4.69) is 44.1 Å². The Morgan fingerprint density at radius 3 is 3.16 bits per heavy atom. The highest BCUT2D eigenvalue weighted by Crippen LogP contribution is 2.34. The summed E-state index contributed by atoms with van der Waals surface area (Å²) in [6.07, 6.45) is 2.96. The Balaban J connectivity index is 1.97. The molecule has 0 atom stereocenters. The van der Waals surface area contributed by atoms with Gasteiger partial charge in [0.2, 0.25) is 0 Å². The van der Waals surface area contributed by atoms with Gasteiger partial charge in [-0.3, -0.25) is 0 Å². The number of aryl methyl sites for hydroxylation is 1. The number of H-pyrrole nitrogens is 1. The van der Waals surface area contributed by atoms with E-state index in [4.69, 9.17) is 5.11 Å². The second-order valence-corrected chi connectivity index (χ2v) is 6.52. The maximum Gasteiger partial charge on any atom is 0.110 e. The number of thioether (sulfide) groups is 1. The van der Waals surface area contributed by atoms with E-state index < -0.39 is 0 Å². The molecule has 3 rings (SSSR count). The number of rotatable bonds is 3. The van der Waals surface area contributed by atoms with E-state index in [1.807, 2.05) is 11.8 Å². The van der Waals surface area contributed by atoms with E-state index in [-0.39, 0.29) is 6.61 Å². The van der Waals surface area contributed by atoms with Gasteiger partial charge >= 0.3 is 0 Å². The van der Waals surface area contributed by atoms with Gasteiger partial charge in [-0.25, -0.2) is 4.98 Å². The molecule has 3 nitrogen and oxygen atoms in total. The van der Waals surface area contributed by atoms with Crippen LogP contribution >= 0.6 is 27.7 Å². The monoisotopic (exact) mass is 338 g/mol. The molecule has 0 spiro atoms. The molecule has 100 valence electrons. The number of nitrogens with one attached hydrogen (secondary N) is 1. The average molecular weight is 339 g/mol. The molecule has 5 heteroatoms. The number of halogens is 1. The molecule has 0 fully saturated rings. The van der Waals surface area contributed by atoms with Gasteiger partial charge < -0.3 is 10.1 Å². The van der Waals surface area contributed by atoms with E-state index in [0.717, 1.165) is 28.1 Å². The van der Waals surface area contributed by atoms with Crippen LogP contribution in [0.2, 0.25) is 0 Å². The molecule has 1 aliphatic heterocycles. The Bertz CT molecular complexity index is 597. The zero-order chi connectivity index (χ0) is 13.2. The molecule has 0 radical (unpaired) electrons. The van der Waals surface area contributed by atoms with Gasteiger partial charge in [0.05, 0.1) is 6.61 Å². The molecule has 0 bridgehead atoms. The summed E-state index contributed by atoms with van der Waals surface area (Å²) in [6.45, 7) is 0.111. The van der Waals surface area contributed by atoms with Gasteiger partial charge in [-0.05, 0) is 52.2 Å². The number of aromatic amines is 1. The summed E-state index contributed by atoms with van der Waals surface area (Å²) in [4.78, 5) is 9.11. The van der Waals surface area contributed by atoms with E-state index in [1.54, 1.807) is 0 Å². The number of hydrogen-bond donors (Lipinski definition) is 2. The van der Waals surface area contributed by atoms with Crippen molar-refractivity contribution in [3.05, 3.63) is 34.2 Å². The average Bonchev–Trinajstić information content (AvgIpc) is 2.79. The molecule has 0 unspecified atom stereocenters. The SMILES string of the molecule is OCCc1nc(-c2ccc3c(c2)CCCS3)c(Br)[nH]1. The third-order valence-electron chi connectivity index (χ3n) is 3.24. The van der Waals surface area contributed by atoms with Crippen molar-refractivity contribution in [3.8, 4) is 11.3 Å². The van der Waals surface area contributed by atoms with Gasteiger partial charge in [0.1, 0.15) is 16.1 Å². The molecule has 1 aromatic carbocycles. The first-order valence-electron chi connectivity index (χ1n) is 6.39. The number of aliphatic hydroxyl groups excluding tert-OH is 1. The third-order valence-corrected chi connectivity index (χ3v) is 5.02. The van der Waals surface area contributed by atoms with Gasteiger partial charge in [-0.15, -0.1) is 11.8 Å². The first-order chi connectivity index (χ1) is 9.28. The highest BCUT2D eigenvalue weighted by Gasteiger charge is 2.14. The van der Waals surface area contributed by atoms with Crippen LogP contribution in [0.15, 0.2) is 27.7 Å². The molecular formula is C14H15BrN2OS. The van der Waals surface area contributed by atoms with Crippen molar-refractivity contribution in [2.45, 2.75) is 24.2 Å². The number of nitrogens with zero attached hydrogens (tertiary/aromatic N) is 1. The topological polar surface area (TPSA) is 48.9 Å². The van der Waals surface area contributed by atoms with E-state index in [1.165, 1.54) is 22.6 Å². The van der Waals surface area contributed by atoms with Crippen molar-refractivity contribution in [1.29, 1.82) is 0 Å². The largest absolute Gasteiger partial charge is 0.396 e. The van der Waals surface area contributed by atoms with Crippen molar-refractivity contribution in [1.82, 2.24) is 9.97 Å². The number of benzene rings is 1. The Kier molecular flexibility index (Phi) is 3.96. The number of aliphatic hydroxyl groups is 1. The van der Waals surface area contributed by atoms with E-state index in [9.17, 15) is 0 Å². The lowest BCUT2D eigenvalue weighted by molar-refractivity contribution is 0.297. The van der Waals surface area contributed by atoms with Crippen molar-refractivity contribution in [3.63, 3.8) is 0 Å². The van der Waals surface area contributed by atoms with Gasteiger partial charge in [0, 0.05) is 16.9 Å². The lowest BCUT2D eigenvalue weighted by Crippen LogP contribution is -1.98. The minimum absolute atomic E-state index is 0.111. The number of aromatic nitrogens is 2. The summed E-state index contributed by atoms with van der Waals surface area (Å²) in [6, 6.07) is 6.56. The maximum atomic E-state index is 8.97. The molecule has 0 saturated heterocycles. The fourth-order valence-corrected chi connectivity index (χ4v) is 3.89. The van der Waals surface area contributed by atoms with E-state index in [0.29, 0.717) is 6.42 Å². The predicted molar refractivity (Wildman–Crippen MR) is 81.6 cm³/mol. The number of imidazole rings is 1. The molecule has 0 saturated carbocycles. The Morgan fingerprint density at radius 1 is 1.42 bits per heavy atom. The van der Waals surface area contributed by atoms with Crippen LogP contribution in [-0.4, -0.2) is 27.4 Å². The Hall–Kier alpha value is -0.780. The molecule has 0 aliphatic carbocycles. The molecule has 2 aromatic rings. The summed E-state index contributed by atoms with van der Waals surface area (Å²) < 4.78 is 0.888. The maximum absolute atomic E-state index is 8.97. The second kappa shape index (κ2) is 5.69. The van der Waals surface area contributed by atoms with Crippen LogP contribution in [-0.2, 0) is 12.8 Å². The highest BCUT2D eigenvalue weighted by molar-refractivity contribution is 9.10. The zero-order valence-corrected chi connectivity index (χ0v) is 12.9. The quantitative estimate of drug-likeness (QED) is 0.901. The van der Waals surface area contributed by atoms with Crippen molar-refractivity contribution in [2.75, 3.05) is 12.4 Å². The van der Waals surface area contributed by atoms with Crippen LogP contribution in [0, 0.1) is 0 Å². The summed E-state index contributed by atoms with van der Waals surface area (Å²) in [7, 11) is 0. The molecule has 1 aliphatic rings. The first kappa shape index (κ1) is 13.2. The van der Waals surface area contributed by atoms with Crippen molar-refractivity contribution >= 4 is 27.7 Å². The van der Waals surface area contributed by atoms with Crippen LogP contribution in [0.5, 0.6) is 0 Å². The lowest BCUT2D eigenvalue weighted by Gasteiger charge is -2.15. The highest BCUT2D eigenvalue weighted by atomic mass is 79.9. The van der Waals surface area contributed by atoms with Crippen LogP contribution in [0.25, 0.3) is 11.3 Å². The number of fused-ring (bicyclic) bond motifs is 1. The van der Waals surface area contributed by atoms with Gasteiger partial charge in [0.15, 0.2) is 0 Å². The van der Waals surface area contributed by atoms with Crippen LogP contribution in [0.1, 0.15) is 17.8 Å². The molecular weight excluding hydrogens is 324 g/mol. The standard InChI is InChI=1S/C14H15BrN2OS/c15-14-13(16-12(17-14)5-6-18)10-3-4-11-9(8-10)2-1-7-19-11/h3-4,8,18H,1-2,5-7H2,(H,16,17). The van der Waals surface area contributed by atoms with Crippen molar-refractivity contribution in [2.24, 2.45) is 0 Å². The Morgan fingerprint density at radius 2 is 2.32 bits per heavy atom. The second-order valence-electron chi connectivity index (χ2n) is 4.59. The lowest BCUT2D eigenvalue weighted by atomic mass is 10.0. The molecule has 19 heavy (non-hydrogen) atoms. The summed E-state index contributed by atoms with van der Waals surface area (Å²) >= 11 is 5.45. The predicted octanol–water partition coefficient (Wildman–Crippen LogP) is 3.41. The van der Waals surface area contributed by atoms with Gasteiger partial charge in [-0.2, -0.15) is 0 Å². The summed E-state index contributed by atoms with van der Waals surface area (Å²) in [5.74, 6) is 2.04. The summed E-state index contributed by atoms with van der Waals surface area (Å²) in [5, 5.41) is 8.97. The summed E-state index contributed by atoms with van der Waals surface area (Å²) in [5.41, 5.74) is 3.49. The Labute approximate surface area is 125 Å². The van der Waals surface area contributed by atoms with Crippen molar-refractivity contribution < 1.29 is 5.11 Å². The molecule has 0 amide bonds. The number of hydrogen-bond acceptors (Lipinski definition) is 3. The molecule has 1 aromatic heterocycles. The minimum Gasteiger partial charge on any atom is -0.396 e. The molecule has 2 N–H and O–H groups in total. The third kappa shape index (κ3) is 2.73. The van der Waals surface area contributed by atoms with Gasteiger partial charge in [0.25, 0.3) is 0 Å². The fraction of sp³-hybridized carbons (Fsp3) is 0.357. The van der Waals surface area contributed by atoms with Gasteiger partial charge in [-0.1, -0.05) is 6.07 Å². The minimum atomic E-state index is 0.111. The molecule has 2 heterocycles. The smallest absolute Gasteiger partial charge is 0.110 e. The fourth-order valence-electron chi connectivity index (χ4n) is 2.32. The normalized spacial score (nSPS) is 14.4. The van der Waals surface area contributed by atoms with Crippen LogP contribution < -0.4 is 0 Å². The van der Waals surface area contributed by atoms with E-state index >= 15 is 0 Å². The zero-order valence-electron chi connectivity index (χ0n) is 10.4. The van der Waals surface area contributed by atoms with Crippen LogP contribution in [0.4, 0.5) is 0 Å². The van der Waals surface area contributed by atoms with Crippen LogP contribution in [0.3, 0.4) is 0 Å².